The van der Waals surface area contributed by atoms with Gasteiger partial charge in [0.15, 0.2) is 5.78 Å². The second kappa shape index (κ2) is 4.25. The molecule has 0 saturated heterocycles. The van der Waals surface area contributed by atoms with Crippen LogP contribution >= 0.6 is 0 Å². The Morgan fingerprint density at radius 1 is 1.27 bits per heavy atom. The second-order valence-electron chi connectivity index (χ2n) is 5.43. The van der Waals surface area contributed by atoms with Crippen molar-refractivity contribution in [1.82, 2.24) is 0 Å². The molecule has 2 saturated carbocycles. The third-order valence-electron chi connectivity index (χ3n) is 4.51. The topological polar surface area (TPSA) is 43.1 Å². The maximum absolute atomic E-state index is 12.3. The smallest absolute Gasteiger partial charge is 0.155 e. The van der Waals surface area contributed by atoms with E-state index in [4.69, 9.17) is 5.73 Å². The van der Waals surface area contributed by atoms with Crippen molar-refractivity contribution in [1.29, 1.82) is 0 Å². The van der Waals surface area contributed by atoms with Crippen LogP contribution in [0.4, 0.5) is 0 Å². The average Bonchev–Trinajstić information content (AvgIpc) is 2.25. The summed E-state index contributed by atoms with van der Waals surface area (Å²) < 4.78 is 0. The lowest BCUT2D eigenvalue weighted by Crippen LogP contribution is -2.57. The molecular weight excluding hydrogens is 186 g/mol. The van der Waals surface area contributed by atoms with Gasteiger partial charge in [-0.05, 0) is 38.0 Å². The zero-order valence-corrected chi connectivity index (χ0v) is 9.80. The van der Waals surface area contributed by atoms with E-state index in [0.717, 1.165) is 32.1 Å². The summed E-state index contributed by atoms with van der Waals surface area (Å²) in [6.45, 7) is 2.21. The summed E-state index contributed by atoms with van der Waals surface area (Å²) in [5.74, 6) is 1.29. The zero-order chi connectivity index (χ0) is 10.9. The van der Waals surface area contributed by atoms with Crippen LogP contribution in [-0.4, -0.2) is 11.3 Å². The van der Waals surface area contributed by atoms with Crippen LogP contribution in [-0.2, 0) is 4.79 Å². The van der Waals surface area contributed by atoms with Crippen molar-refractivity contribution in [2.24, 2.45) is 17.6 Å². The van der Waals surface area contributed by atoms with Crippen molar-refractivity contribution in [3.63, 3.8) is 0 Å². The van der Waals surface area contributed by atoms with E-state index in [-0.39, 0.29) is 5.92 Å². The summed E-state index contributed by atoms with van der Waals surface area (Å²) in [7, 11) is 0. The lowest BCUT2D eigenvalue weighted by molar-refractivity contribution is -0.134. The number of hydrogen-bond donors (Lipinski definition) is 1. The number of Topliss-reactive ketones (excluding diaryl/α,β-unsaturated/α-hetero) is 1. The van der Waals surface area contributed by atoms with Gasteiger partial charge in [0.25, 0.3) is 0 Å². The first kappa shape index (κ1) is 11.1. The predicted octanol–water partition coefficient (Wildman–Crippen LogP) is 2.65. The molecule has 2 aliphatic rings. The van der Waals surface area contributed by atoms with E-state index in [0.29, 0.717) is 11.7 Å². The molecule has 0 spiro atoms. The van der Waals surface area contributed by atoms with Crippen LogP contribution in [0, 0.1) is 11.8 Å². The van der Waals surface area contributed by atoms with Crippen LogP contribution < -0.4 is 5.73 Å². The molecule has 2 nitrogen and oxygen atoms in total. The molecule has 2 aliphatic carbocycles. The quantitative estimate of drug-likeness (QED) is 0.776. The summed E-state index contributed by atoms with van der Waals surface area (Å²) in [6.07, 6.45) is 9.01. The SMILES string of the molecule is CCC1CCCCC1C(=O)C1(N)CCC1. The lowest BCUT2D eigenvalue weighted by atomic mass is 9.65. The van der Waals surface area contributed by atoms with Crippen molar-refractivity contribution in [2.45, 2.75) is 63.8 Å². The van der Waals surface area contributed by atoms with E-state index < -0.39 is 5.54 Å². The molecule has 2 fully saturated rings. The Bertz CT molecular complexity index is 245. The monoisotopic (exact) mass is 209 g/mol. The van der Waals surface area contributed by atoms with Gasteiger partial charge in [0.05, 0.1) is 5.54 Å². The second-order valence-corrected chi connectivity index (χ2v) is 5.43. The summed E-state index contributed by atoms with van der Waals surface area (Å²) in [5, 5.41) is 0. The van der Waals surface area contributed by atoms with Gasteiger partial charge in [-0.1, -0.05) is 26.2 Å². The summed E-state index contributed by atoms with van der Waals surface area (Å²) in [6, 6.07) is 0. The van der Waals surface area contributed by atoms with Gasteiger partial charge < -0.3 is 5.73 Å². The first-order valence-corrected chi connectivity index (χ1v) is 6.50. The molecule has 0 heterocycles. The molecular formula is C13H23NO. The van der Waals surface area contributed by atoms with Gasteiger partial charge in [-0.25, -0.2) is 0 Å². The molecule has 0 aromatic heterocycles. The highest BCUT2D eigenvalue weighted by molar-refractivity contribution is 5.91. The van der Waals surface area contributed by atoms with E-state index in [2.05, 4.69) is 6.92 Å². The van der Waals surface area contributed by atoms with E-state index in [1.165, 1.54) is 19.3 Å². The molecule has 0 aliphatic heterocycles. The minimum atomic E-state index is -0.421. The van der Waals surface area contributed by atoms with Crippen molar-refractivity contribution in [3.8, 4) is 0 Å². The third-order valence-corrected chi connectivity index (χ3v) is 4.51. The summed E-state index contributed by atoms with van der Waals surface area (Å²) >= 11 is 0. The minimum Gasteiger partial charge on any atom is -0.319 e. The van der Waals surface area contributed by atoms with Gasteiger partial charge in [0.1, 0.15) is 0 Å². The maximum Gasteiger partial charge on any atom is 0.155 e. The Kier molecular flexibility index (Phi) is 3.15. The van der Waals surface area contributed by atoms with Crippen LogP contribution in [0.2, 0.25) is 0 Å². The number of rotatable bonds is 3. The average molecular weight is 209 g/mol. The molecule has 2 unspecified atom stereocenters. The Balaban J connectivity index is 2.03. The Labute approximate surface area is 92.6 Å². The van der Waals surface area contributed by atoms with E-state index in [1.807, 2.05) is 0 Å². The Hall–Kier alpha value is -0.370. The van der Waals surface area contributed by atoms with Crippen molar-refractivity contribution < 1.29 is 4.79 Å². The fraction of sp³-hybridized carbons (Fsp3) is 0.923. The molecule has 0 bridgehead atoms. The maximum atomic E-state index is 12.3. The van der Waals surface area contributed by atoms with E-state index in [1.54, 1.807) is 0 Å². The van der Waals surface area contributed by atoms with E-state index in [9.17, 15) is 4.79 Å². The molecule has 0 amide bonds. The van der Waals surface area contributed by atoms with Crippen molar-refractivity contribution in [2.75, 3.05) is 0 Å². The predicted molar refractivity (Wildman–Crippen MR) is 61.5 cm³/mol. The van der Waals surface area contributed by atoms with E-state index >= 15 is 0 Å². The van der Waals surface area contributed by atoms with Crippen molar-refractivity contribution in [3.05, 3.63) is 0 Å². The first-order valence-electron chi connectivity index (χ1n) is 6.50. The Morgan fingerprint density at radius 3 is 2.47 bits per heavy atom. The van der Waals surface area contributed by atoms with Crippen molar-refractivity contribution >= 4 is 5.78 Å². The van der Waals surface area contributed by atoms with Gasteiger partial charge in [0, 0.05) is 5.92 Å². The first-order chi connectivity index (χ1) is 7.17. The molecule has 2 atom stereocenters. The molecule has 2 heteroatoms. The van der Waals surface area contributed by atoms with Gasteiger partial charge >= 0.3 is 0 Å². The third kappa shape index (κ3) is 1.96. The standard InChI is InChI=1S/C13H23NO/c1-2-10-6-3-4-7-11(10)12(15)13(14)8-5-9-13/h10-11H,2-9,14H2,1H3. The van der Waals surface area contributed by atoms with Gasteiger partial charge in [-0.15, -0.1) is 0 Å². The molecule has 15 heavy (non-hydrogen) atoms. The highest BCUT2D eigenvalue weighted by atomic mass is 16.1. The molecule has 2 N–H and O–H groups in total. The number of carbonyl (C=O) groups is 1. The van der Waals surface area contributed by atoms with Gasteiger partial charge in [-0.2, -0.15) is 0 Å². The van der Waals surface area contributed by atoms with Crippen LogP contribution in [0.25, 0.3) is 0 Å². The molecule has 0 aromatic carbocycles. The number of ketones is 1. The van der Waals surface area contributed by atoms with Crippen LogP contribution in [0.3, 0.4) is 0 Å². The highest BCUT2D eigenvalue weighted by Crippen LogP contribution is 2.40. The highest BCUT2D eigenvalue weighted by Gasteiger charge is 2.45. The summed E-state index contributed by atoms with van der Waals surface area (Å²) in [5.41, 5.74) is 5.72. The molecule has 0 aromatic rings. The number of nitrogens with two attached hydrogens (primary N) is 1. The zero-order valence-electron chi connectivity index (χ0n) is 9.80. The minimum absolute atomic E-state index is 0.286. The summed E-state index contributed by atoms with van der Waals surface area (Å²) in [4.78, 5) is 12.3. The molecule has 0 radical (unpaired) electrons. The molecule has 86 valence electrons. The fourth-order valence-corrected chi connectivity index (χ4v) is 3.21. The Morgan fingerprint density at radius 2 is 1.93 bits per heavy atom. The fourth-order valence-electron chi connectivity index (χ4n) is 3.21. The number of hydrogen-bond acceptors (Lipinski definition) is 2. The van der Waals surface area contributed by atoms with Crippen LogP contribution in [0.5, 0.6) is 0 Å². The van der Waals surface area contributed by atoms with Gasteiger partial charge in [-0.3, -0.25) is 4.79 Å². The largest absolute Gasteiger partial charge is 0.319 e. The number of carbonyl (C=O) groups excluding carboxylic acids is 1. The van der Waals surface area contributed by atoms with Crippen LogP contribution in [0.1, 0.15) is 58.3 Å². The van der Waals surface area contributed by atoms with Crippen LogP contribution in [0.15, 0.2) is 0 Å². The lowest BCUT2D eigenvalue weighted by Gasteiger charge is -2.42. The van der Waals surface area contributed by atoms with Gasteiger partial charge in [0.2, 0.25) is 0 Å². The molecule has 2 rings (SSSR count). The normalized spacial score (nSPS) is 34.5.